The molecule has 1 aliphatic rings. The SMILES string of the molecule is COCCNC(=O)c1ccc(N2CCCC2)cc1. The second-order valence-electron chi connectivity index (χ2n) is 4.49. The maximum Gasteiger partial charge on any atom is 0.251 e. The van der Waals surface area contributed by atoms with E-state index in [-0.39, 0.29) is 5.91 Å². The molecule has 1 saturated heterocycles. The summed E-state index contributed by atoms with van der Waals surface area (Å²) in [6.07, 6.45) is 2.53. The van der Waals surface area contributed by atoms with Crippen LogP contribution in [0.15, 0.2) is 24.3 Å². The van der Waals surface area contributed by atoms with Crippen LogP contribution in [0.4, 0.5) is 5.69 Å². The number of nitrogens with one attached hydrogen (secondary N) is 1. The Bertz CT molecular complexity index is 383. The highest BCUT2D eigenvalue weighted by Crippen LogP contribution is 2.20. The van der Waals surface area contributed by atoms with E-state index in [0.29, 0.717) is 18.7 Å². The van der Waals surface area contributed by atoms with Gasteiger partial charge in [-0.05, 0) is 37.1 Å². The number of carbonyl (C=O) groups excluding carboxylic acids is 1. The van der Waals surface area contributed by atoms with Gasteiger partial charge in [0, 0.05) is 38.0 Å². The Hall–Kier alpha value is -1.55. The van der Waals surface area contributed by atoms with Crippen molar-refractivity contribution in [3.05, 3.63) is 29.8 Å². The predicted octanol–water partition coefficient (Wildman–Crippen LogP) is 1.66. The molecule has 0 aromatic heterocycles. The van der Waals surface area contributed by atoms with E-state index in [0.717, 1.165) is 13.1 Å². The topological polar surface area (TPSA) is 41.6 Å². The van der Waals surface area contributed by atoms with E-state index in [4.69, 9.17) is 4.74 Å². The van der Waals surface area contributed by atoms with E-state index in [9.17, 15) is 4.79 Å². The van der Waals surface area contributed by atoms with E-state index in [1.807, 2.05) is 24.3 Å². The minimum Gasteiger partial charge on any atom is -0.383 e. The molecule has 4 heteroatoms. The molecule has 0 bridgehead atoms. The Balaban J connectivity index is 1.92. The van der Waals surface area contributed by atoms with Crippen molar-refractivity contribution in [1.29, 1.82) is 0 Å². The molecule has 1 fully saturated rings. The van der Waals surface area contributed by atoms with Crippen molar-refractivity contribution in [3.63, 3.8) is 0 Å². The monoisotopic (exact) mass is 248 g/mol. The lowest BCUT2D eigenvalue weighted by Gasteiger charge is -2.17. The number of methoxy groups -OCH3 is 1. The lowest BCUT2D eigenvalue weighted by Crippen LogP contribution is -2.27. The number of benzene rings is 1. The molecule has 0 saturated carbocycles. The van der Waals surface area contributed by atoms with Gasteiger partial charge in [-0.3, -0.25) is 4.79 Å². The number of ether oxygens (including phenoxy) is 1. The Labute approximate surface area is 108 Å². The molecule has 1 heterocycles. The Morgan fingerprint density at radius 1 is 1.28 bits per heavy atom. The summed E-state index contributed by atoms with van der Waals surface area (Å²) in [6, 6.07) is 7.82. The van der Waals surface area contributed by atoms with Gasteiger partial charge in [0.15, 0.2) is 0 Å². The molecule has 1 aliphatic heterocycles. The highest BCUT2D eigenvalue weighted by molar-refractivity contribution is 5.94. The van der Waals surface area contributed by atoms with Crippen LogP contribution in [0.25, 0.3) is 0 Å². The van der Waals surface area contributed by atoms with Crippen LogP contribution in [0.5, 0.6) is 0 Å². The van der Waals surface area contributed by atoms with E-state index >= 15 is 0 Å². The molecule has 18 heavy (non-hydrogen) atoms. The summed E-state index contributed by atoms with van der Waals surface area (Å²) in [7, 11) is 1.62. The average Bonchev–Trinajstić information content (AvgIpc) is 2.93. The van der Waals surface area contributed by atoms with E-state index in [2.05, 4.69) is 10.2 Å². The van der Waals surface area contributed by atoms with Crippen molar-refractivity contribution in [1.82, 2.24) is 5.32 Å². The molecular weight excluding hydrogens is 228 g/mol. The minimum absolute atomic E-state index is 0.0416. The van der Waals surface area contributed by atoms with Crippen molar-refractivity contribution < 1.29 is 9.53 Å². The summed E-state index contributed by atoms with van der Waals surface area (Å²) in [6.45, 7) is 3.33. The quantitative estimate of drug-likeness (QED) is 0.806. The van der Waals surface area contributed by atoms with Crippen molar-refractivity contribution >= 4 is 11.6 Å². The van der Waals surface area contributed by atoms with Gasteiger partial charge < -0.3 is 15.0 Å². The predicted molar refractivity (Wildman–Crippen MR) is 72.1 cm³/mol. The van der Waals surface area contributed by atoms with Gasteiger partial charge in [0.25, 0.3) is 5.91 Å². The normalized spacial score (nSPS) is 14.8. The fourth-order valence-electron chi connectivity index (χ4n) is 2.17. The fraction of sp³-hybridized carbons (Fsp3) is 0.500. The second-order valence-corrected chi connectivity index (χ2v) is 4.49. The molecule has 0 radical (unpaired) electrons. The summed E-state index contributed by atoms with van der Waals surface area (Å²) in [4.78, 5) is 14.1. The molecule has 1 aromatic carbocycles. The van der Waals surface area contributed by atoms with Gasteiger partial charge in [-0.15, -0.1) is 0 Å². The highest BCUT2D eigenvalue weighted by Gasteiger charge is 2.12. The third-order valence-corrected chi connectivity index (χ3v) is 3.19. The maximum absolute atomic E-state index is 11.8. The van der Waals surface area contributed by atoms with E-state index < -0.39 is 0 Å². The molecule has 1 aromatic rings. The lowest BCUT2D eigenvalue weighted by atomic mass is 10.2. The van der Waals surface area contributed by atoms with Crippen molar-refractivity contribution in [2.45, 2.75) is 12.8 Å². The first-order chi connectivity index (χ1) is 8.81. The molecule has 2 rings (SSSR count). The second kappa shape index (κ2) is 6.40. The molecule has 98 valence electrons. The van der Waals surface area contributed by atoms with Crippen LogP contribution in [-0.4, -0.2) is 39.3 Å². The van der Waals surface area contributed by atoms with Gasteiger partial charge in [-0.2, -0.15) is 0 Å². The first-order valence-corrected chi connectivity index (χ1v) is 6.43. The van der Waals surface area contributed by atoms with Crippen LogP contribution in [0.1, 0.15) is 23.2 Å². The molecular formula is C14H20N2O2. The lowest BCUT2D eigenvalue weighted by molar-refractivity contribution is 0.0937. The largest absolute Gasteiger partial charge is 0.383 e. The Morgan fingerprint density at radius 2 is 1.94 bits per heavy atom. The Kier molecular flexibility index (Phi) is 4.59. The van der Waals surface area contributed by atoms with Gasteiger partial charge >= 0.3 is 0 Å². The van der Waals surface area contributed by atoms with Crippen LogP contribution >= 0.6 is 0 Å². The first-order valence-electron chi connectivity index (χ1n) is 6.43. The molecule has 0 aliphatic carbocycles. The number of anilines is 1. The van der Waals surface area contributed by atoms with E-state index in [1.165, 1.54) is 18.5 Å². The van der Waals surface area contributed by atoms with Gasteiger partial charge in [0.1, 0.15) is 0 Å². The van der Waals surface area contributed by atoms with Crippen molar-refractivity contribution in [3.8, 4) is 0 Å². The summed E-state index contributed by atoms with van der Waals surface area (Å²) in [5.41, 5.74) is 1.91. The van der Waals surface area contributed by atoms with Gasteiger partial charge in [0.05, 0.1) is 6.61 Å². The first kappa shape index (κ1) is 12.9. The number of hydrogen-bond donors (Lipinski definition) is 1. The standard InChI is InChI=1S/C14H20N2O2/c1-18-11-8-15-14(17)12-4-6-13(7-5-12)16-9-2-3-10-16/h4-7H,2-3,8-11H2,1H3,(H,15,17). The minimum atomic E-state index is -0.0416. The molecule has 0 spiro atoms. The zero-order valence-electron chi connectivity index (χ0n) is 10.8. The van der Waals surface area contributed by atoms with Crippen LogP contribution < -0.4 is 10.2 Å². The zero-order valence-corrected chi connectivity index (χ0v) is 10.8. The van der Waals surface area contributed by atoms with Crippen LogP contribution in [0, 0.1) is 0 Å². The van der Waals surface area contributed by atoms with E-state index in [1.54, 1.807) is 7.11 Å². The molecule has 0 unspecified atom stereocenters. The average molecular weight is 248 g/mol. The number of amides is 1. The number of rotatable bonds is 5. The van der Waals surface area contributed by atoms with Crippen LogP contribution in [-0.2, 0) is 4.74 Å². The van der Waals surface area contributed by atoms with Crippen LogP contribution in [0.3, 0.4) is 0 Å². The number of carbonyl (C=O) groups is 1. The van der Waals surface area contributed by atoms with Crippen molar-refractivity contribution in [2.24, 2.45) is 0 Å². The summed E-state index contributed by atoms with van der Waals surface area (Å²) >= 11 is 0. The number of hydrogen-bond acceptors (Lipinski definition) is 3. The fourth-order valence-corrected chi connectivity index (χ4v) is 2.17. The van der Waals surface area contributed by atoms with Gasteiger partial charge in [-0.25, -0.2) is 0 Å². The highest BCUT2D eigenvalue weighted by atomic mass is 16.5. The third kappa shape index (κ3) is 3.23. The molecule has 1 N–H and O–H groups in total. The van der Waals surface area contributed by atoms with Gasteiger partial charge in [0.2, 0.25) is 0 Å². The number of nitrogens with zero attached hydrogens (tertiary/aromatic N) is 1. The molecule has 1 amide bonds. The Morgan fingerprint density at radius 3 is 2.56 bits per heavy atom. The smallest absolute Gasteiger partial charge is 0.251 e. The summed E-state index contributed by atoms with van der Waals surface area (Å²) < 4.78 is 4.89. The zero-order chi connectivity index (χ0) is 12.8. The summed E-state index contributed by atoms with van der Waals surface area (Å²) in [5.74, 6) is -0.0416. The van der Waals surface area contributed by atoms with Crippen LogP contribution in [0.2, 0.25) is 0 Å². The molecule has 0 atom stereocenters. The van der Waals surface area contributed by atoms with Crippen molar-refractivity contribution in [2.75, 3.05) is 38.3 Å². The third-order valence-electron chi connectivity index (χ3n) is 3.19. The van der Waals surface area contributed by atoms with Gasteiger partial charge in [-0.1, -0.05) is 0 Å². The molecule has 4 nitrogen and oxygen atoms in total. The summed E-state index contributed by atoms with van der Waals surface area (Å²) in [5, 5.41) is 2.81. The maximum atomic E-state index is 11.8.